The molecule has 0 radical (unpaired) electrons. The number of fused-ring (bicyclic) bond motifs is 1. The lowest BCUT2D eigenvalue weighted by atomic mass is 9.98. The summed E-state index contributed by atoms with van der Waals surface area (Å²) in [5.41, 5.74) is 1.18. The molecule has 96 valence electrons. The molecule has 2 nitrogen and oxygen atoms in total. The zero-order chi connectivity index (χ0) is 13.0. The van der Waals surface area contributed by atoms with Gasteiger partial charge in [-0.25, -0.2) is 0 Å². The van der Waals surface area contributed by atoms with Gasteiger partial charge in [0.25, 0.3) is 0 Å². The summed E-state index contributed by atoms with van der Waals surface area (Å²) in [4.78, 5) is 0. The Kier molecular flexibility index (Phi) is 4.34. The molecule has 0 aliphatic rings. The Bertz CT molecular complexity index is 504. The van der Waals surface area contributed by atoms with E-state index in [1.165, 1.54) is 16.3 Å². The first-order valence-corrected chi connectivity index (χ1v) is 6.60. The Labute approximate surface area is 109 Å². The van der Waals surface area contributed by atoms with Crippen molar-refractivity contribution in [3.63, 3.8) is 0 Å². The summed E-state index contributed by atoms with van der Waals surface area (Å²) in [7, 11) is 0. The van der Waals surface area contributed by atoms with Crippen LogP contribution in [0.15, 0.2) is 42.5 Å². The predicted molar refractivity (Wildman–Crippen MR) is 76.7 cm³/mol. The van der Waals surface area contributed by atoms with E-state index in [0.717, 1.165) is 6.42 Å². The molecule has 2 atom stereocenters. The van der Waals surface area contributed by atoms with Gasteiger partial charge < -0.3 is 10.4 Å². The molecular formula is C16H21NO. The second kappa shape index (κ2) is 5.98. The quantitative estimate of drug-likeness (QED) is 0.844. The lowest BCUT2D eigenvalue weighted by molar-refractivity contribution is 0.235. The Morgan fingerprint density at radius 2 is 1.83 bits per heavy atom. The summed E-state index contributed by atoms with van der Waals surface area (Å²) < 4.78 is 0. The van der Waals surface area contributed by atoms with Crippen molar-refractivity contribution in [3.8, 4) is 0 Å². The molecule has 2 unspecified atom stereocenters. The lowest BCUT2D eigenvalue weighted by Crippen LogP contribution is -2.32. The van der Waals surface area contributed by atoms with Crippen LogP contribution in [-0.4, -0.2) is 17.8 Å². The normalized spacial score (nSPS) is 14.6. The van der Waals surface area contributed by atoms with Gasteiger partial charge in [0.15, 0.2) is 0 Å². The van der Waals surface area contributed by atoms with Gasteiger partial charge in [0, 0.05) is 6.04 Å². The number of nitrogens with one attached hydrogen (secondary N) is 1. The second-order valence-corrected chi connectivity index (χ2v) is 4.78. The van der Waals surface area contributed by atoms with Gasteiger partial charge in [-0.2, -0.15) is 0 Å². The standard InChI is InChI=1S/C16H21NO/c1-3-12(2)17-16(11-18)15-10-6-8-13-7-4-5-9-14(13)15/h4-10,12,16-18H,3,11H2,1-2H3. The average Bonchev–Trinajstić information content (AvgIpc) is 2.44. The third-order valence-corrected chi connectivity index (χ3v) is 3.48. The van der Waals surface area contributed by atoms with Crippen LogP contribution in [0.2, 0.25) is 0 Å². The van der Waals surface area contributed by atoms with Gasteiger partial charge in [-0.15, -0.1) is 0 Å². The Morgan fingerprint density at radius 3 is 2.56 bits per heavy atom. The number of hydrogen-bond donors (Lipinski definition) is 2. The fraction of sp³-hybridized carbons (Fsp3) is 0.375. The molecule has 2 rings (SSSR count). The molecule has 2 heteroatoms. The number of rotatable bonds is 5. The van der Waals surface area contributed by atoms with Crippen LogP contribution in [0.1, 0.15) is 31.9 Å². The van der Waals surface area contributed by atoms with E-state index < -0.39 is 0 Å². The van der Waals surface area contributed by atoms with Gasteiger partial charge >= 0.3 is 0 Å². The van der Waals surface area contributed by atoms with E-state index in [1.54, 1.807) is 0 Å². The van der Waals surface area contributed by atoms with E-state index in [-0.39, 0.29) is 12.6 Å². The van der Waals surface area contributed by atoms with E-state index >= 15 is 0 Å². The first kappa shape index (κ1) is 13.1. The van der Waals surface area contributed by atoms with Crippen molar-refractivity contribution >= 4 is 10.8 Å². The summed E-state index contributed by atoms with van der Waals surface area (Å²) >= 11 is 0. The highest BCUT2D eigenvalue weighted by atomic mass is 16.3. The van der Waals surface area contributed by atoms with Crippen molar-refractivity contribution in [2.45, 2.75) is 32.4 Å². The minimum absolute atomic E-state index is 0.00560. The smallest absolute Gasteiger partial charge is 0.0626 e. The maximum atomic E-state index is 9.62. The number of hydrogen-bond acceptors (Lipinski definition) is 2. The summed E-state index contributed by atoms with van der Waals surface area (Å²) in [6.07, 6.45) is 1.06. The van der Waals surface area contributed by atoms with Gasteiger partial charge in [0.2, 0.25) is 0 Å². The minimum Gasteiger partial charge on any atom is -0.394 e. The van der Waals surface area contributed by atoms with E-state index in [2.05, 4.69) is 49.5 Å². The van der Waals surface area contributed by atoms with Crippen LogP contribution in [0, 0.1) is 0 Å². The van der Waals surface area contributed by atoms with Crippen molar-refractivity contribution in [1.29, 1.82) is 0 Å². The molecule has 0 bridgehead atoms. The van der Waals surface area contributed by atoms with Crippen LogP contribution < -0.4 is 5.32 Å². The third kappa shape index (κ3) is 2.71. The molecular weight excluding hydrogens is 222 g/mol. The SMILES string of the molecule is CCC(C)NC(CO)c1cccc2ccccc12. The molecule has 2 aromatic rings. The Hall–Kier alpha value is -1.38. The summed E-state index contributed by atoms with van der Waals surface area (Å²) in [6, 6.07) is 15.0. The summed E-state index contributed by atoms with van der Waals surface area (Å²) in [5.74, 6) is 0. The molecule has 0 amide bonds. The summed E-state index contributed by atoms with van der Waals surface area (Å²) in [6.45, 7) is 4.42. The highest BCUT2D eigenvalue weighted by Gasteiger charge is 2.14. The van der Waals surface area contributed by atoms with Crippen LogP contribution in [-0.2, 0) is 0 Å². The van der Waals surface area contributed by atoms with Crippen molar-refractivity contribution in [2.24, 2.45) is 0 Å². The molecule has 0 saturated heterocycles. The van der Waals surface area contributed by atoms with Crippen LogP contribution >= 0.6 is 0 Å². The van der Waals surface area contributed by atoms with Gasteiger partial charge in [0.05, 0.1) is 12.6 Å². The summed E-state index contributed by atoms with van der Waals surface area (Å²) in [5, 5.41) is 15.5. The third-order valence-electron chi connectivity index (χ3n) is 3.48. The molecule has 0 aliphatic heterocycles. The van der Waals surface area contributed by atoms with E-state index in [4.69, 9.17) is 0 Å². The van der Waals surface area contributed by atoms with Gasteiger partial charge in [-0.05, 0) is 29.7 Å². The maximum Gasteiger partial charge on any atom is 0.0626 e. The molecule has 0 spiro atoms. The first-order valence-electron chi connectivity index (χ1n) is 6.60. The predicted octanol–water partition coefficient (Wildman–Crippen LogP) is 3.26. The highest BCUT2D eigenvalue weighted by molar-refractivity contribution is 5.86. The van der Waals surface area contributed by atoms with Crippen molar-refractivity contribution in [3.05, 3.63) is 48.0 Å². The van der Waals surface area contributed by atoms with Gasteiger partial charge in [0.1, 0.15) is 0 Å². The van der Waals surface area contributed by atoms with Crippen LogP contribution in [0.25, 0.3) is 10.8 Å². The molecule has 2 N–H and O–H groups in total. The molecule has 0 aliphatic carbocycles. The zero-order valence-electron chi connectivity index (χ0n) is 11.1. The van der Waals surface area contributed by atoms with Gasteiger partial charge in [-0.3, -0.25) is 0 Å². The minimum atomic E-state index is 0.00560. The van der Waals surface area contributed by atoms with Crippen molar-refractivity contribution < 1.29 is 5.11 Å². The molecule has 0 heterocycles. The molecule has 18 heavy (non-hydrogen) atoms. The topological polar surface area (TPSA) is 32.3 Å². The second-order valence-electron chi connectivity index (χ2n) is 4.78. The van der Waals surface area contributed by atoms with Gasteiger partial charge in [-0.1, -0.05) is 49.4 Å². The average molecular weight is 243 g/mol. The van der Waals surface area contributed by atoms with Crippen molar-refractivity contribution in [1.82, 2.24) is 5.32 Å². The lowest BCUT2D eigenvalue weighted by Gasteiger charge is -2.22. The van der Waals surface area contributed by atoms with E-state index in [0.29, 0.717) is 6.04 Å². The van der Waals surface area contributed by atoms with Crippen LogP contribution in [0.5, 0.6) is 0 Å². The monoisotopic (exact) mass is 243 g/mol. The molecule has 0 fully saturated rings. The number of aliphatic hydroxyl groups excluding tert-OH is 1. The Balaban J connectivity index is 2.38. The largest absolute Gasteiger partial charge is 0.394 e. The Morgan fingerprint density at radius 1 is 1.11 bits per heavy atom. The molecule has 0 saturated carbocycles. The zero-order valence-corrected chi connectivity index (χ0v) is 11.1. The fourth-order valence-corrected chi connectivity index (χ4v) is 2.26. The van der Waals surface area contributed by atoms with E-state index in [9.17, 15) is 5.11 Å². The number of benzene rings is 2. The molecule has 2 aromatic carbocycles. The van der Waals surface area contributed by atoms with Crippen LogP contribution in [0.4, 0.5) is 0 Å². The first-order chi connectivity index (χ1) is 8.76. The van der Waals surface area contributed by atoms with Crippen LogP contribution in [0.3, 0.4) is 0 Å². The molecule has 0 aromatic heterocycles. The number of aliphatic hydroxyl groups is 1. The van der Waals surface area contributed by atoms with E-state index in [1.807, 2.05) is 12.1 Å². The maximum absolute atomic E-state index is 9.62. The van der Waals surface area contributed by atoms with Crippen molar-refractivity contribution in [2.75, 3.05) is 6.61 Å². The fourth-order valence-electron chi connectivity index (χ4n) is 2.26. The highest BCUT2D eigenvalue weighted by Crippen LogP contribution is 2.24.